The van der Waals surface area contributed by atoms with Gasteiger partial charge < -0.3 is 0 Å². The van der Waals surface area contributed by atoms with Crippen molar-refractivity contribution in [3.05, 3.63) is 170 Å². The van der Waals surface area contributed by atoms with Crippen molar-refractivity contribution in [2.45, 2.75) is 0 Å². The zero-order valence-corrected chi connectivity index (χ0v) is 28.6. The van der Waals surface area contributed by atoms with Crippen LogP contribution in [0.3, 0.4) is 0 Å². The summed E-state index contributed by atoms with van der Waals surface area (Å²) in [5, 5.41) is 13.1. The van der Waals surface area contributed by atoms with Crippen LogP contribution >= 0.6 is 22.7 Å². The second-order valence-electron chi connectivity index (χ2n) is 13.2. The van der Waals surface area contributed by atoms with Crippen molar-refractivity contribution in [1.29, 1.82) is 0 Å². The van der Waals surface area contributed by atoms with Gasteiger partial charge in [0.05, 0.1) is 9.40 Å². The summed E-state index contributed by atoms with van der Waals surface area (Å²) in [6, 6.07) is 63.0. The summed E-state index contributed by atoms with van der Waals surface area (Å²) in [7, 11) is 0. The van der Waals surface area contributed by atoms with Crippen LogP contribution in [0.4, 0.5) is 0 Å². The average molecular weight is 669 g/mol. The lowest BCUT2D eigenvalue weighted by atomic mass is 9.85. The molecule has 0 saturated heterocycles. The molecule has 2 aromatic heterocycles. The van der Waals surface area contributed by atoms with Crippen molar-refractivity contribution in [2.75, 3.05) is 0 Å². The monoisotopic (exact) mass is 668 g/mol. The van der Waals surface area contributed by atoms with Crippen molar-refractivity contribution in [3.63, 3.8) is 0 Å². The Morgan fingerprint density at radius 3 is 1.38 bits per heavy atom. The molecule has 0 aliphatic rings. The Bertz CT molecular complexity index is 3080. The van der Waals surface area contributed by atoms with Gasteiger partial charge in [-0.15, -0.1) is 22.7 Å². The lowest BCUT2D eigenvalue weighted by Crippen LogP contribution is -1.90. The van der Waals surface area contributed by atoms with Gasteiger partial charge in [0.15, 0.2) is 0 Å². The Balaban J connectivity index is 1.04. The first-order valence-electron chi connectivity index (χ1n) is 17.1. The molecule has 0 N–H and O–H groups in total. The minimum absolute atomic E-state index is 1.25. The second kappa shape index (κ2) is 10.9. The molecule has 11 rings (SSSR count). The summed E-state index contributed by atoms with van der Waals surface area (Å²) >= 11 is 3.84. The van der Waals surface area contributed by atoms with Crippen LogP contribution in [0, 0.1) is 0 Å². The highest BCUT2D eigenvalue weighted by Gasteiger charge is 2.17. The summed E-state index contributed by atoms with van der Waals surface area (Å²) in [6.07, 6.45) is 0. The molecule has 0 aliphatic carbocycles. The molecule has 0 amide bonds. The summed E-state index contributed by atoms with van der Waals surface area (Å²) in [5.41, 5.74) is 7.60. The van der Waals surface area contributed by atoms with Crippen LogP contribution in [-0.2, 0) is 0 Å². The molecule has 0 bridgehead atoms. The molecule has 50 heavy (non-hydrogen) atoms. The lowest BCUT2D eigenvalue weighted by Gasteiger charge is -2.18. The first kappa shape index (κ1) is 28.1. The molecule has 0 atom stereocenters. The number of rotatable bonds is 3. The maximum atomic E-state index is 2.40. The van der Waals surface area contributed by atoms with Gasteiger partial charge in [-0.3, -0.25) is 0 Å². The van der Waals surface area contributed by atoms with E-state index in [2.05, 4.69) is 170 Å². The van der Waals surface area contributed by atoms with E-state index < -0.39 is 0 Å². The first-order chi connectivity index (χ1) is 24.8. The van der Waals surface area contributed by atoms with Crippen LogP contribution in [0.1, 0.15) is 0 Å². The van der Waals surface area contributed by atoms with Gasteiger partial charge in [-0.1, -0.05) is 140 Å². The fourth-order valence-electron chi connectivity index (χ4n) is 8.13. The molecule has 2 heteroatoms. The maximum absolute atomic E-state index is 2.40. The lowest BCUT2D eigenvalue weighted by molar-refractivity contribution is 1.66. The summed E-state index contributed by atoms with van der Waals surface area (Å²) < 4.78 is 5.51. The molecule has 0 aliphatic heterocycles. The predicted molar refractivity (Wildman–Crippen MR) is 221 cm³/mol. The third kappa shape index (κ3) is 4.16. The molecule has 0 fully saturated rings. The van der Waals surface area contributed by atoms with Crippen LogP contribution in [0.15, 0.2) is 170 Å². The van der Waals surface area contributed by atoms with E-state index in [1.165, 1.54) is 106 Å². The van der Waals surface area contributed by atoms with E-state index in [0.29, 0.717) is 0 Å². The fraction of sp³-hybridized carbons (Fsp3) is 0. The van der Waals surface area contributed by atoms with Crippen LogP contribution in [0.2, 0.25) is 0 Å². The van der Waals surface area contributed by atoms with Crippen molar-refractivity contribution in [3.8, 4) is 33.4 Å². The van der Waals surface area contributed by atoms with Crippen molar-refractivity contribution in [1.82, 2.24) is 0 Å². The molecule has 2 heterocycles. The quantitative estimate of drug-likeness (QED) is 0.164. The molecule has 0 spiro atoms. The van der Waals surface area contributed by atoms with Gasteiger partial charge in [-0.25, -0.2) is 0 Å². The van der Waals surface area contributed by atoms with Gasteiger partial charge in [0, 0.05) is 30.9 Å². The van der Waals surface area contributed by atoms with Gasteiger partial charge in [-0.05, 0) is 96.0 Å². The molecule has 11 aromatic rings. The SMILES string of the molecule is c1ccc(-c2c3ccccc3c(-c3ccc4cc(-c5ccc6sc7c(ccc8c9ccccc9sc87)c6c5)ccc4c3)c3ccccc23)cc1. The zero-order valence-electron chi connectivity index (χ0n) is 27.0. The Kier molecular flexibility index (Phi) is 6.09. The van der Waals surface area contributed by atoms with Gasteiger partial charge in [0.1, 0.15) is 0 Å². The Morgan fingerprint density at radius 2 is 0.720 bits per heavy atom. The van der Waals surface area contributed by atoms with E-state index in [-0.39, 0.29) is 0 Å². The highest BCUT2D eigenvalue weighted by Crippen LogP contribution is 2.46. The minimum atomic E-state index is 1.25. The molecular formula is C48H28S2. The van der Waals surface area contributed by atoms with Crippen LogP contribution in [0.5, 0.6) is 0 Å². The third-order valence-electron chi connectivity index (χ3n) is 10.4. The molecule has 232 valence electrons. The Morgan fingerprint density at radius 1 is 0.260 bits per heavy atom. The molecule has 0 radical (unpaired) electrons. The van der Waals surface area contributed by atoms with Gasteiger partial charge >= 0.3 is 0 Å². The Hall–Kier alpha value is -5.80. The number of hydrogen-bond donors (Lipinski definition) is 0. The van der Waals surface area contributed by atoms with Crippen molar-refractivity contribution >= 4 is 95.3 Å². The molecule has 9 aromatic carbocycles. The van der Waals surface area contributed by atoms with E-state index in [0.717, 1.165) is 0 Å². The summed E-state index contributed by atoms with van der Waals surface area (Å²) in [4.78, 5) is 0. The normalized spacial score (nSPS) is 12.0. The fourth-order valence-corrected chi connectivity index (χ4v) is 10.7. The van der Waals surface area contributed by atoms with E-state index >= 15 is 0 Å². The molecule has 0 saturated carbocycles. The van der Waals surface area contributed by atoms with Crippen LogP contribution < -0.4 is 0 Å². The molecule has 0 nitrogen and oxygen atoms in total. The standard InChI is InChI=1S/C48H28S2/c1-2-10-29(11-3-1)45-36-13-4-6-15-38(36)46(39-16-7-5-14-37(39)45)34-21-20-30-26-31(18-19-32(30)27-34)33-22-25-44-42(28-33)41-24-23-40-35-12-8-9-17-43(35)49-47(40)48(41)50-44/h1-28H. The number of hydrogen-bond acceptors (Lipinski definition) is 2. The third-order valence-corrected chi connectivity index (χ3v) is 13.0. The summed E-state index contributed by atoms with van der Waals surface area (Å²) in [5.74, 6) is 0. The van der Waals surface area contributed by atoms with Gasteiger partial charge in [-0.2, -0.15) is 0 Å². The first-order valence-corrected chi connectivity index (χ1v) is 18.7. The second-order valence-corrected chi connectivity index (χ2v) is 15.3. The minimum Gasteiger partial charge on any atom is -0.134 e. The highest BCUT2D eigenvalue weighted by atomic mass is 32.1. The predicted octanol–water partition coefficient (Wildman–Crippen LogP) is 14.9. The van der Waals surface area contributed by atoms with E-state index in [4.69, 9.17) is 0 Å². The average Bonchev–Trinajstić information content (AvgIpc) is 3.75. The molecule has 0 unspecified atom stereocenters. The molecular weight excluding hydrogens is 641 g/mol. The van der Waals surface area contributed by atoms with E-state index in [9.17, 15) is 0 Å². The number of fused-ring (bicyclic) bond motifs is 10. The Labute approximate surface area is 297 Å². The van der Waals surface area contributed by atoms with Crippen LogP contribution in [-0.4, -0.2) is 0 Å². The van der Waals surface area contributed by atoms with Crippen molar-refractivity contribution in [2.24, 2.45) is 0 Å². The largest absolute Gasteiger partial charge is 0.134 e. The van der Waals surface area contributed by atoms with Gasteiger partial charge in [0.2, 0.25) is 0 Å². The number of thiophene rings is 2. The maximum Gasteiger partial charge on any atom is 0.0534 e. The van der Waals surface area contributed by atoms with E-state index in [1.54, 1.807) is 0 Å². The van der Waals surface area contributed by atoms with Gasteiger partial charge in [0.25, 0.3) is 0 Å². The van der Waals surface area contributed by atoms with Crippen LogP contribution in [0.25, 0.3) is 106 Å². The summed E-state index contributed by atoms with van der Waals surface area (Å²) in [6.45, 7) is 0. The zero-order chi connectivity index (χ0) is 32.8. The smallest absolute Gasteiger partial charge is 0.0534 e. The van der Waals surface area contributed by atoms with E-state index in [1.807, 2.05) is 22.7 Å². The topological polar surface area (TPSA) is 0 Å². The number of benzene rings is 9. The van der Waals surface area contributed by atoms with Crippen molar-refractivity contribution < 1.29 is 0 Å². The highest BCUT2D eigenvalue weighted by molar-refractivity contribution is 7.33.